The van der Waals surface area contributed by atoms with Gasteiger partial charge in [-0.15, -0.1) is 0 Å². The van der Waals surface area contributed by atoms with Crippen LogP contribution in [0, 0.1) is 0 Å². The van der Waals surface area contributed by atoms with Crippen LogP contribution in [0.25, 0.3) is 22.1 Å². The second-order valence-electron chi connectivity index (χ2n) is 7.22. The van der Waals surface area contributed by atoms with E-state index < -0.39 is 12.1 Å². The number of fused-ring (bicyclic) bond motifs is 1. The van der Waals surface area contributed by atoms with E-state index in [1.165, 1.54) is 6.26 Å². The molecule has 3 aromatic carbocycles. The highest BCUT2D eigenvalue weighted by molar-refractivity contribution is 6.33. The van der Waals surface area contributed by atoms with Crippen LogP contribution in [0.15, 0.2) is 88.3 Å². The van der Waals surface area contributed by atoms with Gasteiger partial charge in [-0.25, -0.2) is 4.79 Å². The molecule has 4 rings (SSSR count). The van der Waals surface area contributed by atoms with Crippen molar-refractivity contribution in [2.75, 3.05) is 0 Å². The lowest BCUT2D eigenvalue weighted by Gasteiger charge is -2.17. The SMILES string of the molecule is CCC(Oc1ccc2c(=O)c(-c3ccccc3Cl)coc2c1)C(=O)OCc1ccccc1. The molecule has 0 amide bonds. The second kappa shape index (κ2) is 9.71. The van der Waals surface area contributed by atoms with Crippen LogP contribution in [0.3, 0.4) is 0 Å². The van der Waals surface area contributed by atoms with E-state index in [0.717, 1.165) is 5.56 Å². The fourth-order valence-corrected chi connectivity index (χ4v) is 3.57. The van der Waals surface area contributed by atoms with Crippen molar-refractivity contribution < 1.29 is 18.7 Å². The fourth-order valence-electron chi connectivity index (χ4n) is 3.33. The molecule has 1 unspecified atom stereocenters. The van der Waals surface area contributed by atoms with Gasteiger partial charge in [0.05, 0.1) is 10.9 Å². The lowest BCUT2D eigenvalue weighted by Crippen LogP contribution is -2.28. The number of hydrogen-bond acceptors (Lipinski definition) is 5. The van der Waals surface area contributed by atoms with Crippen molar-refractivity contribution >= 4 is 28.5 Å². The Labute approximate surface area is 190 Å². The molecule has 32 heavy (non-hydrogen) atoms. The lowest BCUT2D eigenvalue weighted by atomic mass is 10.1. The van der Waals surface area contributed by atoms with Crippen molar-refractivity contribution in [3.05, 3.63) is 99.9 Å². The highest BCUT2D eigenvalue weighted by atomic mass is 35.5. The van der Waals surface area contributed by atoms with E-state index in [-0.39, 0.29) is 12.0 Å². The summed E-state index contributed by atoms with van der Waals surface area (Å²) in [4.78, 5) is 25.4. The van der Waals surface area contributed by atoms with Crippen LogP contribution in [-0.2, 0) is 16.1 Å². The molecular formula is C26H21ClO5. The molecule has 1 heterocycles. The van der Waals surface area contributed by atoms with Crippen LogP contribution in [0.1, 0.15) is 18.9 Å². The van der Waals surface area contributed by atoms with Gasteiger partial charge in [0.15, 0.2) is 6.10 Å². The number of carbonyl (C=O) groups excluding carboxylic acids is 1. The second-order valence-corrected chi connectivity index (χ2v) is 7.63. The van der Waals surface area contributed by atoms with Crippen molar-refractivity contribution in [2.45, 2.75) is 26.1 Å². The van der Waals surface area contributed by atoms with E-state index in [1.807, 2.05) is 43.3 Å². The Hall–Kier alpha value is -3.57. The van der Waals surface area contributed by atoms with Crippen LogP contribution < -0.4 is 10.2 Å². The molecule has 4 aromatic rings. The minimum absolute atomic E-state index is 0.178. The molecule has 0 fully saturated rings. The molecule has 0 radical (unpaired) electrons. The normalized spacial score (nSPS) is 11.8. The van der Waals surface area contributed by atoms with Gasteiger partial charge >= 0.3 is 5.97 Å². The van der Waals surface area contributed by atoms with Gasteiger partial charge in [-0.1, -0.05) is 67.1 Å². The molecule has 5 nitrogen and oxygen atoms in total. The summed E-state index contributed by atoms with van der Waals surface area (Å²) in [6.45, 7) is 2.02. The molecule has 0 spiro atoms. The molecule has 162 valence electrons. The molecule has 6 heteroatoms. The number of carbonyl (C=O) groups is 1. The van der Waals surface area contributed by atoms with Crippen molar-refractivity contribution in [1.82, 2.24) is 0 Å². The Kier molecular flexibility index (Phi) is 6.57. The molecule has 0 aliphatic rings. The Morgan fingerprint density at radius 3 is 2.50 bits per heavy atom. The zero-order valence-electron chi connectivity index (χ0n) is 17.4. The van der Waals surface area contributed by atoms with Gasteiger partial charge in [0.2, 0.25) is 5.43 Å². The minimum atomic E-state index is -0.773. The highest BCUT2D eigenvalue weighted by Gasteiger charge is 2.21. The maximum absolute atomic E-state index is 13.0. The fraction of sp³-hybridized carbons (Fsp3) is 0.154. The Balaban J connectivity index is 1.53. The number of ether oxygens (including phenoxy) is 2. The molecule has 0 aliphatic heterocycles. The summed E-state index contributed by atoms with van der Waals surface area (Å²) in [6.07, 6.45) is 1.05. The topological polar surface area (TPSA) is 65.7 Å². The third-order valence-corrected chi connectivity index (χ3v) is 5.38. The number of halogens is 1. The third-order valence-electron chi connectivity index (χ3n) is 5.05. The summed E-state index contributed by atoms with van der Waals surface area (Å²) in [6, 6.07) is 21.4. The maximum Gasteiger partial charge on any atom is 0.347 e. The summed E-state index contributed by atoms with van der Waals surface area (Å²) in [7, 11) is 0. The van der Waals surface area contributed by atoms with E-state index >= 15 is 0 Å². The first kappa shape index (κ1) is 21.7. The van der Waals surface area contributed by atoms with Crippen molar-refractivity contribution in [1.29, 1.82) is 0 Å². The number of hydrogen-bond donors (Lipinski definition) is 0. The average molecular weight is 449 g/mol. The van der Waals surface area contributed by atoms with E-state index in [9.17, 15) is 9.59 Å². The van der Waals surface area contributed by atoms with Gasteiger partial charge < -0.3 is 13.9 Å². The zero-order valence-corrected chi connectivity index (χ0v) is 18.2. The molecule has 0 saturated heterocycles. The maximum atomic E-state index is 13.0. The van der Waals surface area contributed by atoms with Gasteiger partial charge in [-0.05, 0) is 30.2 Å². The predicted molar refractivity (Wildman–Crippen MR) is 124 cm³/mol. The van der Waals surface area contributed by atoms with Crippen molar-refractivity contribution in [3.63, 3.8) is 0 Å². The summed E-state index contributed by atoms with van der Waals surface area (Å²) in [5.74, 6) is -0.0402. The van der Waals surface area contributed by atoms with Crippen molar-refractivity contribution in [2.24, 2.45) is 0 Å². The predicted octanol–water partition coefficient (Wildman–Crippen LogP) is 6.01. The molecule has 0 saturated carbocycles. The van der Waals surface area contributed by atoms with E-state index in [0.29, 0.717) is 39.3 Å². The average Bonchev–Trinajstić information content (AvgIpc) is 2.82. The van der Waals surface area contributed by atoms with Crippen LogP contribution in [-0.4, -0.2) is 12.1 Å². The van der Waals surface area contributed by atoms with E-state index in [4.69, 9.17) is 25.5 Å². The molecule has 0 N–H and O–H groups in total. The Bertz CT molecular complexity index is 1300. The summed E-state index contributed by atoms with van der Waals surface area (Å²) in [5.41, 5.74) is 2.05. The van der Waals surface area contributed by atoms with Gasteiger partial charge in [-0.2, -0.15) is 0 Å². The quantitative estimate of drug-likeness (QED) is 0.324. The third kappa shape index (κ3) is 4.68. The van der Waals surface area contributed by atoms with Crippen LogP contribution in [0.5, 0.6) is 5.75 Å². The molecule has 0 aliphatic carbocycles. The van der Waals surface area contributed by atoms with Gasteiger partial charge in [0.1, 0.15) is 24.2 Å². The molecular weight excluding hydrogens is 428 g/mol. The van der Waals surface area contributed by atoms with E-state index in [2.05, 4.69) is 0 Å². The smallest absolute Gasteiger partial charge is 0.347 e. The summed E-state index contributed by atoms with van der Waals surface area (Å²) < 4.78 is 16.9. The number of esters is 1. The monoisotopic (exact) mass is 448 g/mol. The minimum Gasteiger partial charge on any atom is -0.479 e. The van der Waals surface area contributed by atoms with Crippen molar-refractivity contribution in [3.8, 4) is 16.9 Å². The Morgan fingerprint density at radius 1 is 1.00 bits per heavy atom. The van der Waals surface area contributed by atoms with E-state index in [1.54, 1.807) is 36.4 Å². The highest BCUT2D eigenvalue weighted by Crippen LogP contribution is 2.28. The van der Waals surface area contributed by atoms with Crippen LogP contribution in [0.4, 0.5) is 0 Å². The first-order valence-electron chi connectivity index (χ1n) is 10.2. The van der Waals surface area contributed by atoms with Gasteiger partial charge in [-0.3, -0.25) is 4.79 Å². The lowest BCUT2D eigenvalue weighted by molar-refractivity contribution is -0.153. The molecule has 1 atom stereocenters. The van der Waals surface area contributed by atoms with Crippen LogP contribution >= 0.6 is 11.6 Å². The largest absolute Gasteiger partial charge is 0.479 e. The first-order valence-corrected chi connectivity index (χ1v) is 10.6. The number of benzene rings is 3. The molecule has 0 bridgehead atoms. The van der Waals surface area contributed by atoms with Crippen LogP contribution in [0.2, 0.25) is 5.02 Å². The standard InChI is InChI=1S/C26H21ClO5/c1-2-23(26(29)31-15-17-8-4-3-5-9-17)32-18-12-13-20-24(14-18)30-16-21(25(20)28)19-10-6-7-11-22(19)27/h3-14,16,23H,2,15H2,1H3. The molecule has 1 aromatic heterocycles. The summed E-state index contributed by atoms with van der Waals surface area (Å²) in [5, 5.41) is 0.869. The van der Waals surface area contributed by atoms with Gasteiger partial charge in [0, 0.05) is 16.7 Å². The Morgan fingerprint density at radius 2 is 1.75 bits per heavy atom. The first-order chi connectivity index (χ1) is 15.6. The van der Waals surface area contributed by atoms with Gasteiger partial charge in [0.25, 0.3) is 0 Å². The summed E-state index contributed by atoms with van der Waals surface area (Å²) >= 11 is 6.23. The number of rotatable bonds is 7. The zero-order chi connectivity index (χ0) is 22.5.